The molecule has 0 saturated carbocycles. The number of fused-ring (bicyclic) bond motifs is 1. The number of likely N-dealkylation sites (N-methyl/N-ethyl adjacent to an activating group) is 1. The molecule has 0 fully saturated rings. The lowest BCUT2D eigenvalue weighted by Gasteiger charge is -2.27. The van der Waals surface area contributed by atoms with Crippen molar-refractivity contribution in [1.29, 1.82) is 0 Å². The van der Waals surface area contributed by atoms with Crippen LogP contribution >= 0.6 is 12.6 Å². The lowest BCUT2D eigenvalue weighted by molar-refractivity contribution is 0.102. The molecule has 2 heterocycles. The van der Waals surface area contributed by atoms with Crippen molar-refractivity contribution in [3.05, 3.63) is 42.1 Å². The van der Waals surface area contributed by atoms with E-state index in [9.17, 15) is 13.2 Å². The minimum Gasteiger partial charge on any atom is -0.490 e. The molecule has 0 amide bonds. The average Bonchev–Trinajstić information content (AvgIpc) is 2.61. The zero-order chi connectivity index (χ0) is 18.0. The van der Waals surface area contributed by atoms with Gasteiger partial charge in [0.25, 0.3) is 10.0 Å². The molecule has 132 valence electrons. The molecule has 0 atom stereocenters. The van der Waals surface area contributed by atoms with Crippen molar-refractivity contribution in [3.8, 4) is 5.75 Å². The highest BCUT2D eigenvalue weighted by atomic mass is 32.2. The number of anilines is 2. The van der Waals surface area contributed by atoms with Crippen LogP contribution in [0.4, 0.5) is 11.5 Å². The normalized spacial score (nSPS) is 13.8. The number of hydrogen-bond acceptors (Lipinski definition) is 7. The van der Waals surface area contributed by atoms with Crippen LogP contribution in [0.1, 0.15) is 10.4 Å². The molecule has 9 heteroatoms. The monoisotopic (exact) mass is 379 g/mol. The van der Waals surface area contributed by atoms with Crippen LogP contribution in [-0.4, -0.2) is 45.1 Å². The second-order valence-electron chi connectivity index (χ2n) is 5.52. The van der Waals surface area contributed by atoms with Crippen LogP contribution in [0.2, 0.25) is 0 Å². The van der Waals surface area contributed by atoms with E-state index in [1.54, 1.807) is 6.07 Å². The van der Waals surface area contributed by atoms with Crippen molar-refractivity contribution in [2.75, 3.05) is 35.6 Å². The first-order chi connectivity index (χ1) is 11.9. The molecule has 1 aliphatic heterocycles. The SMILES string of the molecule is CN1CCOc2cc(S(=O)(=O)Nc3ccc(C(=O)CS)cn3)ccc21. The summed E-state index contributed by atoms with van der Waals surface area (Å²) >= 11 is 3.91. The molecular formula is C16H17N3O4S2. The summed E-state index contributed by atoms with van der Waals surface area (Å²) in [6.45, 7) is 1.25. The van der Waals surface area contributed by atoms with E-state index >= 15 is 0 Å². The number of pyridine rings is 1. The molecule has 25 heavy (non-hydrogen) atoms. The second kappa shape index (κ2) is 6.93. The van der Waals surface area contributed by atoms with E-state index in [2.05, 4.69) is 22.3 Å². The molecule has 0 aliphatic carbocycles. The standard InChI is InChI=1S/C16H17N3O4S2/c1-19-6-7-23-15-8-12(3-4-13(15)19)25(21,22)18-16-5-2-11(9-17-16)14(20)10-24/h2-5,8-9,24H,6-7,10H2,1H3,(H,17,18). The number of sulfonamides is 1. The maximum atomic E-state index is 12.5. The van der Waals surface area contributed by atoms with Gasteiger partial charge in [0.05, 0.1) is 22.9 Å². The number of thiol groups is 1. The summed E-state index contributed by atoms with van der Waals surface area (Å²) in [7, 11) is -1.89. The second-order valence-corrected chi connectivity index (χ2v) is 7.52. The Hall–Kier alpha value is -2.26. The Morgan fingerprint density at radius 1 is 1.36 bits per heavy atom. The molecule has 0 unspecified atom stereocenters. The molecule has 1 aromatic heterocycles. The number of carbonyl (C=O) groups excluding carboxylic acids is 1. The Morgan fingerprint density at radius 3 is 2.84 bits per heavy atom. The van der Waals surface area contributed by atoms with Crippen molar-refractivity contribution >= 4 is 39.9 Å². The lowest BCUT2D eigenvalue weighted by atomic mass is 10.2. The third-order valence-corrected chi connectivity index (χ3v) is 5.44. The van der Waals surface area contributed by atoms with Crippen LogP contribution in [-0.2, 0) is 10.0 Å². The number of carbonyl (C=O) groups is 1. The van der Waals surface area contributed by atoms with Crippen molar-refractivity contribution in [2.24, 2.45) is 0 Å². The smallest absolute Gasteiger partial charge is 0.263 e. The average molecular weight is 379 g/mol. The van der Waals surface area contributed by atoms with Crippen LogP contribution in [0.3, 0.4) is 0 Å². The van der Waals surface area contributed by atoms with Crippen molar-refractivity contribution in [1.82, 2.24) is 4.98 Å². The summed E-state index contributed by atoms with van der Waals surface area (Å²) in [5.74, 6) is 0.544. The molecule has 1 aliphatic rings. The first kappa shape index (κ1) is 17.6. The number of nitrogens with one attached hydrogen (secondary N) is 1. The summed E-state index contributed by atoms with van der Waals surface area (Å²) < 4.78 is 33.0. The van der Waals surface area contributed by atoms with Gasteiger partial charge in [0.2, 0.25) is 0 Å². The molecule has 0 saturated heterocycles. The van der Waals surface area contributed by atoms with Gasteiger partial charge in [-0.05, 0) is 24.3 Å². The fourth-order valence-electron chi connectivity index (χ4n) is 2.41. The zero-order valence-corrected chi connectivity index (χ0v) is 15.2. The summed E-state index contributed by atoms with van der Waals surface area (Å²) in [6, 6.07) is 7.67. The minimum absolute atomic E-state index is 0.0658. The first-order valence-corrected chi connectivity index (χ1v) is 9.63. The van der Waals surface area contributed by atoms with Gasteiger partial charge in [-0.2, -0.15) is 12.6 Å². The van der Waals surface area contributed by atoms with Crippen LogP contribution in [0, 0.1) is 0 Å². The van der Waals surface area contributed by atoms with E-state index < -0.39 is 10.0 Å². The molecule has 3 rings (SSSR count). The fourth-order valence-corrected chi connectivity index (χ4v) is 3.62. The first-order valence-electron chi connectivity index (χ1n) is 7.51. The van der Waals surface area contributed by atoms with Crippen molar-refractivity contribution in [2.45, 2.75) is 4.90 Å². The third-order valence-electron chi connectivity index (χ3n) is 3.81. The zero-order valence-electron chi connectivity index (χ0n) is 13.5. The Bertz CT molecular complexity index is 898. The fraction of sp³-hybridized carbons (Fsp3) is 0.250. The molecule has 2 aromatic rings. The van der Waals surface area contributed by atoms with E-state index in [-0.39, 0.29) is 22.2 Å². The molecule has 0 bridgehead atoms. The quantitative estimate of drug-likeness (QED) is 0.609. The molecule has 1 N–H and O–H groups in total. The predicted octanol–water partition coefficient (Wildman–Crippen LogP) is 1.82. The van der Waals surface area contributed by atoms with Gasteiger partial charge in [-0.3, -0.25) is 9.52 Å². The van der Waals surface area contributed by atoms with E-state index in [0.717, 1.165) is 12.2 Å². The maximum Gasteiger partial charge on any atom is 0.263 e. The van der Waals surface area contributed by atoms with Crippen LogP contribution in [0.5, 0.6) is 5.75 Å². The summed E-state index contributed by atoms with van der Waals surface area (Å²) in [6.07, 6.45) is 1.32. The van der Waals surface area contributed by atoms with Gasteiger partial charge < -0.3 is 9.64 Å². The Balaban J connectivity index is 1.83. The Morgan fingerprint density at radius 2 is 2.16 bits per heavy atom. The number of ether oxygens (including phenoxy) is 1. The van der Waals surface area contributed by atoms with Gasteiger partial charge in [-0.1, -0.05) is 0 Å². The minimum atomic E-state index is -3.81. The predicted molar refractivity (Wildman–Crippen MR) is 98.4 cm³/mol. The topological polar surface area (TPSA) is 88.6 Å². The van der Waals surface area contributed by atoms with Crippen LogP contribution < -0.4 is 14.4 Å². The van der Waals surface area contributed by atoms with Crippen LogP contribution in [0.25, 0.3) is 0 Å². The summed E-state index contributed by atoms with van der Waals surface area (Å²) in [4.78, 5) is 17.6. The van der Waals surface area contributed by atoms with E-state index in [0.29, 0.717) is 17.9 Å². The Kier molecular flexibility index (Phi) is 4.87. The van der Waals surface area contributed by atoms with E-state index in [1.807, 2.05) is 11.9 Å². The number of Topliss-reactive ketones (excluding diaryl/α,β-unsaturated/α-hetero) is 1. The van der Waals surface area contributed by atoms with Gasteiger partial charge in [0, 0.05) is 24.9 Å². The summed E-state index contributed by atoms with van der Waals surface area (Å²) in [5, 5.41) is 0. The molecular weight excluding hydrogens is 362 g/mol. The number of hydrogen-bond donors (Lipinski definition) is 2. The van der Waals surface area contributed by atoms with Gasteiger partial charge in [0.1, 0.15) is 18.2 Å². The highest BCUT2D eigenvalue weighted by Gasteiger charge is 2.21. The maximum absolute atomic E-state index is 12.5. The van der Waals surface area contributed by atoms with Gasteiger partial charge in [-0.15, -0.1) is 0 Å². The third kappa shape index (κ3) is 3.72. The highest BCUT2D eigenvalue weighted by Crippen LogP contribution is 2.33. The highest BCUT2D eigenvalue weighted by molar-refractivity contribution is 7.92. The Labute approximate surface area is 151 Å². The van der Waals surface area contributed by atoms with E-state index in [4.69, 9.17) is 4.74 Å². The van der Waals surface area contributed by atoms with Gasteiger partial charge >= 0.3 is 0 Å². The number of nitrogens with zero attached hydrogens (tertiary/aromatic N) is 2. The number of benzene rings is 1. The number of aromatic nitrogens is 1. The van der Waals surface area contributed by atoms with Crippen molar-refractivity contribution < 1.29 is 17.9 Å². The molecule has 1 aromatic carbocycles. The van der Waals surface area contributed by atoms with Gasteiger partial charge in [0.15, 0.2) is 5.78 Å². The molecule has 7 nitrogen and oxygen atoms in total. The largest absolute Gasteiger partial charge is 0.490 e. The van der Waals surface area contributed by atoms with Gasteiger partial charge in [-0.25, -0.2) is 13.4 Å². The number of ketones is 1. The number of rotatable bonds is 5. The molecule has 0 spiro atoms. The summed E-state index contributed by atoms with van der Waals surface area (Å²) in [5.41, 5.74) is 1.22. The van der Waals surface area contributed by atoms with Crippen molar-refractivity contribution in [3.63, 3.8) is 0 Å². The van der Waals surface area contributed by atoms with E-state index in [1.165, 1.54) is 30.5 Å². The molecule has 0 radical (unpaired) electrons. The lowest BCUT2D eigenvalue weighted by Crippen LogP contribution is -2.29. The van der Waals surface area contributed by atoms with Crippen LogP contribution in [0.15, 0.2) is 41.4 Å².